The lowest BCUT2D eigenvalue weighted by Gasteiger charge is -2.15. The van der Waals surface area contributed by atoms with Crippen LogP contribution in [0.5, 0.6) is 0 Å². The Morgan fingerprint density at radius 3 is 2.86 bits per heavy atom. The van der Waals surface area contributed by atoms with E-state index in [9.17, 15) is 9.90 Å². The van der Waals surface area contributed by atoms with E-state index in [0.717, 1.165) is 6.08 Å². The van der Waals surface area contributed by atoms with Crippen molar-refractivity contribution in [2.24, 2.45) is 0 Å². The topological polar surface area (TPSA) is 65.0 Å². The van der Waals surface area contributed by atoms with Gasteiger partial charge >= 0.3 is 5.97 Å². The van der Waals surface area contributed by atoms with Crippen LogP contribution in [0.25, 0.3) is 0 Å². The predicted octanol–water partition coefficient (Wildman–Crippen LogP) is -0.757. The number of ether oxygens (including phenoxy) is 3. The summed E-state index contributed by atoms with van der Waals surface area (Å²) >= 11 is 0. The van der Waals surface area contributed by atoms with Crippen LogP contribution in [-0.4, -0.2) is 48.7 Å². The molecule has 0 aromatic carbocycles. The van der Waals surface area contributed by atoms with E-state index in [4.69, 9.17) is 14.2 Å². The molecule has 78 valence electrons. The normalized spacial score (nSPS) is 40.6. The van der Waals surface area contributed by atoms with Crippen LogP contribution in [0.3, 0.4) is 0 Å². The molecule has 0 aliphatic carbocycles. The van der Waals surface area contributed by atoms with Crippen molar-refractivity contribution in [3.05, 3.63) is 12.7 Å². The molecule has 0 amide bonds. The first-order chi connectivity index (χ1) is 6.72. The molecule has 0 spiro atoms. The molecule has 0 radical (unpaired) electrons. The van der Waals surface area contributed by atoms with Gasteiger partial charge in [0.15, 0.2) is 6.10 Å². The summed E-state index contributed by atoms with van der Waals surface area (Å²) in [6, 6.07) is 0. The van der Waals surface area contributed by atoms with Crippen molar-refractivity contribution in [3.8, 4) is 0 Å². The summed E-state index contributed by atoms with van der Waals surface area (Å²) in [5.74, 6) is -0.496. The molecule has 2 aliphatic rings. The molecule has 2 aliphatic heterocycles. The van der Waals surface area contributed by atoms with E-state index in [0.29, 0.717) is 0 Å². The van der Waals surface area contributed by atoms with Crippen molar-refractivity contribution in [2.45, 2.75) is 24.4 Å². The number of aliphatic hydroxyl groups excluding tert-OH is 1. The van der Waals surface area contributed by atoms with Crippen molar-refractivity contribution >= 4 is 5.97 Å². The maximum absolute atomic E-state index is 10.9. The van der Waals surface area contributed by atoms with Crippen molar-refractivity contribution < 1.29 is 24.1 Å². The summed E-state index contributed by atoms with van der Waals surface area (Å²) in [4.78, 5) is 10.9. The minimum Gasteiger partial charge on any atom is -0.454 e. The van der Waals surface area contributed by atoms with Gasteiger partial charge in [-0.1, -0.05) is 6.58 Å². The van der Waals surface area contributed by atoms with Crippen LogP contribution in [0.2, 0.25) is 0 Å². The average Bonchev–Trinajstić information content (AvgIpc) is 2.72. The van der Waals surface area contributed by atoms with Gasteiger partial charge in [-0.2, -0.15) is 0 Å². The van der Waals surface area contributed by atoms with Crippen molar-refractivity contribution in [3.63, 3.8) is 0 Å². The standard InChI is InChI=1S/C9H12O5/c1-2-7(11)14-6-4-13-8-5(10)3-12-9(6)8/h2,5-6,8-10H,1,3-4H2/t5-,6+,8+,9+/m0/s1. The van der Waals surface area contributed by atoms with E-state index in [2.05, 4.69) is 6.58 Å². The Kier molecular flexibility index (Phi) is 2.54. The molecular formula is C9H12O5. The molecule has 5 nitrogen and oxygen atoms in total. The van der Waals surface area contributed by atoms with Gasteiger partial charge in [0.05, 0.1) is 13.2 Å². The predicted molar refractivity (Wildman–Crippen MR) is 45.6 cm³/mol. The Morgan fingerprint density at radius 1 is 1.43 bits per heavy atom. The number of hydrogen-bond donors (Lipinski definition) is 1. The number of hydrogen-bond acceptors (Lipinski definition) is 5. The van der Waals surface area contributed by atoms with E-state index in [1.807, 2.05) is 0 Å². The van der Waals surface area contributed by atoms with Crippen molar-refractivity contribution in [1.29, 1.82) is 0 Å². The maximum atomic E-state index is 10.9. The molecule has 2 fully saturated rings. The Labute approximate surface area is 81.3 Å². The summed E-state index contributed by atoms with van der Waals surface area (Å²) in [6.45, 7) is 3.80. The number of rotatable bonds is 2. The van der Waals surface area contributed by atoms with Crippen molar-refractivity contribution in [1.82, 2.24) is 0 Å². The number of fused-ring (bicyclic) bond motifs is 1. The minimum absolute atomic E-state index is 0.234. The number of carbonyl (C=O) groups is 1. The molecule has 0 unspecified atom stereocenters. The maximum Gasteiger partial charge on any atom is 0.330 e. The second-order valence-corrected chi connectivity index (χ2v) is 3.34. The summed E-state index contributed by atoms with van der Waals surface area (Å²) in [7, 11) is 0. The van der Waals surface area contributed by atoms with Crippen LogP contribution < -0.4 is 0 Å². The second kappa shape index (κ2) is 3.68. The fourth-order valence-corrected chi connectivity index (χ4v) is 1.74. The summed E-state index contributed by atoms with van der Waals surface area (Å²) in [5.41, 5.74) is 0. The zero-order valence-corrected chi connectivity index (χ0v) is 7.59. The van der Waals surface area contributed by atoms with Crippen LogP contribution in [0, 0.1) is 0 Å². The van der Waals surface area contributed by atoms with Gasteiger partial charge < -0.3 is 19.3 Å². The van der Waals surface area contributed by atoms with Gasteiger partial charge in [-0.3, -0.25) is 0 Å². The molecule has 2 rings (SSSR count). The molecule has 2 heterocycles. The van der Waals surface area contributed by atoms with Gasteiger partial charge in [0.2, 0.25) is 0 Å². The zero-order chi connectivity index (χ0) is 10.1. The molecule has 1 N–H and O–H groups in total. The highest BCUT2D eigenvalue weighted by Gasteiger charge is 2.48. The lowest BCUT2D eigenvalue weighted by atomic mass is 10.1. The van der Waals surface area contributed by atoms with Gasteiger partial charge in [-0.15, -0.1) is 0 Å². The summed E-state index contributed by atoms with van der Waals surface area (Å²) in [5, 5.41) is 9.40. The molecule has 2 saturated heterocycles. The van der Waals surface area contributed by atoms with E-state index < -0.39 is 18.2 Å². The first-order valence-corrected chi connectivity index (χ1v) is 4.46. The lowest BCUT2D eigenvalue weighted by Crippen LogP contribution is -2.33. The highest BCUT2D eigenvalue weighted by atomic mass is 16.6. The van der Waals surface area contributed by atoms with E-state index in [1.54, 1.807) is 0 Å². The molecule has 0 aromatic rings. The third kappa shape index (κ3) is 1.54. The monoisotopic (exact) mass is 200 g/mol. The largest absolute Gasteiger partial charge is 0.454 e. The smallest absolute Gasteiger partial charge is 0.330 e. The second-order valence-electron chi connectivity index (χ2n) is 3.34. The molecule has 4 atom stereocenters. The van der Waals surface area contributed by atoms with E-state index in [-0.39, 0.29) is 25.4 Å². The van der Waals surface area contributed by atoms with Crippen LogP contribution >= 0.6 is 0 Å². The highest BCUT2D eigenvalue weighted by molar-refractivity contribution is 5.81. The molecular weight excluding hydrogens is 188 g/mol. The van der Waals surface area contributed by atoms with Gasteiger partial charge in [0.1, 0.15) is 18.3 Å². The molecule has 0 bridgehead atoms. The quantitative estimate of drug-likeness (QED) is 0.469. The zero-order valence-electron chi connectivity index (χ0n) is 7.59. The van der Waals surface area contributed by atoms with Crippen LogP contribution in [0.1, 0.15) is 0 Å². The fourth-order valence-electron chi connectivity index (χ4n) is 1.74. The van der Waals surface area contributed by atoms with Gasteiger partial charge in [-0.25, -0.2) is 4.79 Å². The van der Waals surface area contributed by atoms with E-state index in [1.165, 1.54) is 0 Å². The third-order valence-electron chi connectivity index (χ3n) is 2.42. The summed E-state index contributed by atoms with van der Waals surface area (Å²) in [6.07, 6.45) is -0.653. The Bertz CT molecular complexity index is 252. The van der Waals surface area contributed by atoms with Gasteiger partial charge in [-0.05, 0) is 0 Å². The van der Waals surface area contributed by atoms with E-state index >= 15 is 0 Å². The van der Waals surface area contributed by atoms with Crippen LogP contribution in [0.15, 0.2) is 12.7 Å². The van der Waals surface area contributed by atoms with Crippen LogP contribution in [-0.2, 0) is 19.0 Å². The fraction of sp³-hybridized carbons (Fsp3) is 0.667. The lowest BCUT2D eigenvalue weighted by molar-refractivity contribution is -0.147. The van der Waals surface area contributed by atoms with Gasteiger partial charge in [0, 0.05) is 6.08 Å². The minimum atomic E-state index is -0.618. The molecule has 0 aromatic heterocycles. The highest BCUT2D eigenvalue weighted by Crippen LogP contribution is 2.28. The molecule has 5 heteroatoms. The van der Waals surface area contributed by atoms with Crippen molar-refractivity contribution in [2.75, 3.05) is 13.2 Å². The SMILES string of the molecule is C=CC(=O)O[C@@H]1CO[C@H]2[C@@H]1OC[C@@H]2O. The van der Waals surface area contributed by atoms with Crippen LogP contribution in [0.4, 0.5) is 0 Å². The number of esters is 1. The van der Waals surface area contributed by atoms with Gasteiger partial charge in [0.25, 0.3) is 0 Å². The number of carbonyl (C=O) groups excluding carboxylic acids is 1. The Balaban J connectivity index is 1.96. The third-order valence-corrected chi connectivity index (χ3v) is 2.42. The Hall–Kier alpha value is -0.910. The average molecular weight is 200 g/mol. The molecule has 0 saturated carbocycles. The summed E-state index contributed by atoms with van der Waals surface area (Å²) < 4.78 is 15.5. The first kappa shape index (κ1) is 9.64. The Morgan fingerprint density at radius 2 is 2.14 bits per heavy atom. The first-order valence-electron chi connectivity index (χ1n) is 4.46. The molecule has 14 heavy (non-hydrogen) atoms. The number of aliphatic hydroxyl groups is 1.